The number of carbonyl (C=O) groups is 1. The summed E-state index contributed by atoms with van der Waals surface area (Å²) in [5.74, 6) is -1.28. The Hall–Kier alpha value is -1.72. The maximum atomic E-state index is 12.5. The van der Waals surface area contributed by atoms with Gasteiger partial charge in [0.2, 0.25) is 0 Å². The smallest absolute Gasteiger partial charge is 0.389 e. The number of allylic oxidation sites excluding steroid dienone is 2. The molecule has 112 valence electrons. The van der Waals surface area contributed by atoms with Crippen LogP contribution in [0.1, 0.15) is 20.3 Å². The van der Waals surface area contributed by atoms with Crippen molar-refractivity contribution in [3.05, 3.63) is 35.6 Å². The maximum Gasteiger partial charge on any atom is 0.389 e. The number of hydrogen-bond acceptors (Lipinski definition) is 3. The largest absolute Gasteiger partial charge is 0.462 e. The Kier molecular flexibility index (Phi) is 5.42. The minimum atomic E-state index is -4.24. The van der Waals surface area contributed by atoms with Gasteiger partial charge in [0.15, 0.2) is 0 Å². The average Bonchev–Trinajstić information content (AvgIpc) is 2.65. The van der Waals surface area contributed by atoms with Crippen molar-refractivity contribution in [2.75, 3.05) is 13.2 Å². The van der Waals surface area contributed by atoms with Gasteiger partial charge in [-0.15, -0.1) is 0 Å². The number of halogens is 3. The number of hydrogen-bond donors (Lipinski definition) is 1. The monoisotopic (exact) mass is 289 g/mol. The molecular weight excluding hydrogens is 271 g/mol. The van der Waals surface area contributed by atoms with Gasteiger partial charge in [0, 0.05) is 18.2 Å². The van der Waals surface area contributed by atoms with E-state index in [-0.39, 0.29) is 18.7 Å². The Bertz CT molecular complexity index is 450. The van der Waals surface area contributed by atoms with Crippen molar-refractivity contribution in [3.63, 3.8) is 0 Å². The molecule has 0 bridgehead atoms. The van der Waals surface area contributed by atoms with Gasteiger partial charge in [-0.05, 0) is 25.5 Å². The van der Waals surface area contributed by atoms with Crippen molar-refractivity contribution in [2.24, 2.45) is 5.92 Å². The second-order valence-electron chi connectivity index (χ2n) is 4.50. The molecule has 1 N–H and O–H groups in total. The summed E-state index contributed by atoms with van der Waals surface area (Å²) in [6.45, 7) is 7.26. The van der Waals surface area contributed by atoms with Crippen LogP contribution in [0, 0.1) is 5.92 Å². The number of alkyl halides is 3. The Balaban J connectivity index is 2.98. The zero-order valence-corrected chi connectivity index (χ0v) is 11.5. The standard InChI is InChI=1S/C14H18F3NO2/c1-4-10(13(19)20-5-2)6-12-9(3)18-8-11(12)7-14(15,16)17/h4,6,11,18H,1,5,7-8H2,2-3H3/b10-6+. The third-order valence-corrected chi connectivity index (χ3v) is 3.01. The highest BCUT2D eigenvalue weighted by Gasteiger charge is 2.35. The first-order chi connectivity index (χ1) is 9.28. The van der Waals surface area contributed by atoms with Crippen LogP contribution in [0.15, 0.2) is 35.6 Å². The molecule has 1 unspecified atom stereocenters. The van der Waals surface area contributed by atoms with E-state index < -0.39 is 24.5 Å². The molecule has 3 nitrogen and oxygen atoms in total. The first kappa shape index (κ1) is 16.3. The predicted molar refractivity (Wildman–Crippen MR) is 69.8 cm³/mol. The maximum absolute atomic E-state index is 12.5. The van der Waals surface area contributed by atoms with Crippen molar-refractivity contribution in [1.29, 1.82) is 0 Å². The van der Waals surface area contributed by atoms with Gasteiger partial charge in [0.1, 0.15) is 0 Å². The zero-order chi connectivity index (χ0) is 15.3. The fourth-order valence-electron chi connectivity index (χ4n) is 2.07. The SMILES string of the molecule is C=C/C(=C\C1=C(C)NCC1CC(F)(F)F)C(=O)OCC. The molecule has 1 aliphatic rings. The quantitative estimate of drug-likeness (QED) is 0.480. The second kappa shape index (κ2) is 6.63. The molecule has 0 aromatic rings. The predicted octanol–water partition coefficient (Wildman–Crippen LogP) is 3.11. The molecule has 0 fully saturated rings. The van der Waals surface area contributed by atoms with Crippen LogP contribution in [0.5, 0.6) is 0 Å². The Labute approximate surface area is 116 Å². The van der Waals surface area contributed by atoms with Crippen molar-refractivity contribution in [3.8, 4) is 0 Å². The van der Waals surface area contributed by atoms with Crippen LogP contribution in [0.25, 0.3) is 0 Å². The molecule has 0 radical (unpaired) electrons. The summed E-state index contributed by atoms with van der Waals surface area (Å²) in [5, 5.41) is 2.89. The van der Waals surface area contributed by atoms with Gasteiger partial charge in [-0.2, -0.15) is 13.2 Å². The molecule has 1 rings (SSSR count). The second-order valence-corrected chi connectivity index (χ2v) is 4.50. The molecule has 0 saturated carbocycles. The van der Waals surface area contributed by atoms with Gasteiger partial charge in [0.25, 0.3) is 0 Å². The molecule has 1 atom stereocenters. The first-order valence-electron chi connectivity index (χ1n) is 6.31. The number of carbonyl (C=O) groups excluding carboxylic acids is 1. The van der Waals surface area contributed by atoms with Crippen LogP contribution in [-0.4, -0.2) is 25.3 Å². The lowest BCUT2D eigenvalue weighted by atomic mass is 9.95. The molecule has 6 heteroatoms. The van der Waals surface area contributed by atoms with Crippen LogP contribution in [0.3, 0.4) is 0 Å². The summed E-state index contributed by atoms with van der Waals surface area (Å²) >= 11 is 0. The highest BCUT2D eigenvalue weighted by Crippen LogP contribution is 2.33. The minimum absolute atomic E-state index is 0.164. The molecule has 0 aromatic heterocycles. The molecular formula is C14H18F3NO2. The Morgan fingerprint density at radius 2 is 2.20 bits per heavy atom. The van der Waals surface area contributed by atoms with Crippen molar-refractivity contribution in [1.82, 2.24) is 5.32 Å². The minimum Gasteiger partial charge on any atom is -0.462 e. The van der Waals surface area contributed by atoms with E-state index in [9.17, 15) is 18.0 Å². The summed E-state index contributed by atoms with van der Waals surface area (Å²) in [7, 11) is 0. The summed E-state index contributed by atoms with van der Waals surface area (Å²) in [4.78, 5) is 11.6. The lowest BCUT2D eigenvalue weighted by Crippen LogP contribution is -2.20. The summed E-state index contributed by atoms with van der Waals surface area (Å²) in [6, 6.07) is 0. The van der Waals surface area contributed by atoms with Crippen molar-refractivity contribution < 1.29 is 22.7 Å². The average molecular weight is 289 g/mol. The highest BCUT2D eigenvalue weighted by atomic mass is 19.4. The van der Waals surface area contributed by atoms with E-state index in [0.29, 0.717) is 11.3 Å². The lowest BCUT2D eigenvalue weighted by molar-refractivity contribution is -0.140. The summed E-state index contributed by atoms with van der Waals surface area (Å²) < 4.78 is 42.4. The lowest BCUT2D eigenvalue weighted by Gasteiger charge is -2.14. The fourth-order valence-corrected chi connectivity index (χ4v) is 2.07. The van der Waals surface area contributed by atoms with E-state index >= 15 is 0 Å². The number of esters is 1. The molecule has 0 saturated heterocycles. The Morgan fingerprint density at radius 3 is 2.70 bits per heavy atom. The van der Waals surface area contributed by atoms with E-state index in [1.54, 1.807) is 13.8 Å². The number of nitrogens with one attached hydrogen (secondary N) is 1. The van der Waals surface area contributed by atoms with Crippen molar-refractivity contribution >= 4 is 5.97 Å². The van der Waals surface area contributed by atoms with E-state index in [2.05, 4.69) is 11.9 Å². The van der Waals surface area contributed by atoms with Crippen LogP contribution >= 0.6 is 0 Å². The third kappa shape index (κ3) is 4.43. The molecule has 1 heterocycles. The normalized spacial score (nSPS) is 19.9. The summed E-state index contributed by atoms with van der Waals surface area (Å²) in [5.41, 5.74) is 1.28. The molecule has 0 aromatic carbocycles. The van der Waals surface area contributed by atoms with Gasteiger partial charge >= 0.3 is 12.1 Å². The zero-order valence-electron chi connectivity index (χ0n) is 11.5. The van der Waals surface area contributed by atoms with Crippen LogP contribution in [0.4, 0.5) is 13.2 Å². The van der Waals surface area contributed by atoms with Gasteiger partial charge in [-0.3, -0.25) is 0 Å². The van der Waals surface area contributed by atoms with Crippen LogP contribution < -0.4 is 5.32 Å². The van der Waals surface area contributed by atoms with Gasteiger partial charge in [-0.25, -0.2) is 4.79 Å². The first-order valence-corrected chi connectivity index (χ1v) is 6.31. The van der Waals surface area contributed by atoms with Gasteiger partial charge in [0.05, 0.1) is 18.6 Å². The summed E-state index contributed by atoms with van der Waals surface area (Å²) in [6.07, 6.45) is -2.44. The van der Waals surface area contributed by atoms with E-state index in [0.717, 1.165) is 0 Å². The highest BCUT2D eigenvalue weighted by molar-refractivity contribution is 5.92. The van der Waals surface area contributed by atoms with Gasteiger partial charge in [-0.1, -0.05) is 12.7 Å². The fraction of sp³-hybridized carbons (Fsp3) is 0.500. The number of ether oxygens (including phenoxy) is 1. The molecule has 0 amide bonds. The van der Waals surface area contributed by atoms with E-state index in [1.165, 1.54) is 12.2 Å². The van der Waals surface area contributed by atoms with Crippen LogP contribution in [-0.2, 0) is 9.53 Å². The molecule has 20 heavy (non-hydrogen) atoms. The molecule has 0 aliphatic carbocycles. The van der Waals surface area contributed by atoms with Gasteiger partial charge < -0.3 is 10.1 Å². The molecule has 1 aliphatic heterocycles. The number of rotatable bonds is 5. The van der Waals surface area contributed by atoms with E-state index in [4.69, 9.17) is 4.74 Å². The van der Waals surface area contributed by atoms with Crippen LogP contribution in [0.2, 0.25) is 0 Å². The van der Waals surface area contributed by atoms with E-state index in [1.807, 2.05) is 0 Å². The Morgan fingerprint density at radius 1 is 1.55 bits per heavy atom. The van der Waals surface area contributed by atoms with Crippen molar-refractivity contribution in [2.45, 2.75) is 26.4 Å². The molecule has 0 spiro atoms. The topological polar surface area (TPSA) is 38.3 Å². The third-order valence-electron chi connectivity index (χ3n) is 3.01.